The Morgan fingerprint density at radius 1 is 0.861 bits per heavy atom. The number of ether oxygens (including phenoxy) is 1. The van der Waals surface area contributed by atoms with Gasteiger partial charge in [-0.1, -0.05) is 74.7 Å². The van der Waals surface area contributed by atoms with Crippen molar-refractivity contribution >= 4 is 5.97 Å². The normalized spacial score (nSPS) is 46.2. The molecule has 0 N–H and O–H groups in total. The summed E-state index contributed by atoms with van der Waals surface area (Å²) in [6, 6.07) is 0. The smallest absolute Gasteiger partial charge is 0.308 e. The number of hydrogen-bond acceptors (Lipinski definition) is 2. The molecule has 5 aliphatic carbocycles. The Kier molecular flexibility index (Phi) is 6.98. The van der Waals surface area contributed by atoms with E-state index >= 15 is 0 Å². The van der Waals surface area contributed by atoms with Crippen LogP contribution in [0.15, 0.2) is 0 Å². The molecule has 5 rings (SSSR count). The molecule has 0 aromatic rings. The van der Waals surface area contributed by atoms with Gasteiger partial charge in [-0.05, 0) is 116 Å². The summed E-state index contributed by atoms with van der Waals surface area (Å²) in [5.41, 5.74) is 1.88. The average molecular weight is 499 g/mol. The Morgan fingerprint density at radius 2 is 1.58 bits per heavy atom. The van der Waals surface area contributed by atoms with Crippen molar-refractivity contribution in [3.05, 3.63) is 0 Å². The van der Waals surface area contributed by atoms with Crippen LogP contribution in [0.2, 0.25) is 0 Å². The van der Waals surface area contributed by atoms with E-state index in [0.29, 0.717) is 16.2 Å². The summed E-state index contributed by atoms with van der Waals surface area (Å²) >= 11 is 0. The molecule has 0 aromatic carbocycles. The molecular formula is C34H58O2. The zero-order chi connectivity index (χ0) is 26.1. The molecule has 2 nitrogen and oxygen atoms in total. The van der Waals surface area contributed by atoms with Gasteiger partial charge in [-0.2, -0.15) is 0 Å². The fourth-order valence-corrected chi connectivity index (χ4v) is 11.5. The molecule has 2 spiro atoms. The topological polar surface area (TPSA) is 26.3 Å². The van der Waals surface area contributed by atoms with Crippen LogP contribution in [0.3, 0.4) is 0 Å². The fraction of sp³-hybridized carbons (Fsp3) is 0.971. The van der Waals surface area contributed by atoms with Crippen LogP contribution in [0.4, 0.5) is 0 Å². The Bertz CT molecular complexity index is 829. The minimum atomic E-state index is 0.0267. The third-order valence-electron chi connectivity index (χ3n) is 13.7. The highest BCUT2D eigenvalue weighted by Crippen LogP contribution is 2.87. The second kappa shape index (κ2) is 9.29. The van der Waals surface area contributed by atoms with Crippen molar-refractivity contribution in [2.24, 2.45) is 63.1 Å². The molecule has 206 valence electrons. The Balaban J connectivity index is 1.30. The van der Waals surface area contributed by atoms with Crippen molar-refractivity contribution in [2.75, 3.05) is 0 Å². The Hall–Kier alpha value is -0.530. The molecule has 0 aromatic heterocycles. The van der Waals surface area contributed by atoms with Crippen molar-refractivity contribution in [1.82, 2.24) is 0 Å². The van der Waals surface area contributed by atoms with Crippen molar-refractivity contribution in [1.29, 1.82) is 0 Å². The first-order chi connectivity index (χ1) is 16.9. The standard InChI is InChI=1S/C34H58O2/c1-9-23(4)30(35)36-29-17-18-34-21-33(34)20-19-32(8)25(24(5)12-10-11-22(2)3)13-14-26(32)27(33)15-16-28(34)31(29,6)7/h22-29H,9-21H2,1-8H3. The molecule has 36 heavy (non-hydrogen) atoms. The molecule has 5 fully saturated rings. The van der Waals surface area contributed by atoms with Crippen molar-refractivity contribution in [2.45, 2.75) is 145 Å². The van der Waals surface area contributed by atoms with Crippen LogP contribution >= 0.6 is 0 Å². The number of esters is 1. The van der Waals surface area contributed by atoms with E-state index in [9.17, 15) is 4.79 Å². The van der Waals surface area contributed by atoms with E-state index in [0.717, 1.165) is 48.3 Å². The lowest BCUT2D eigenvalue weighted by Crippen LogP contribution is -2.55. The zero-order valence-corrected chi connectivity index (χ0v) is 25.1. The van der Waals surface area contributed by atoms with Crippen LogP contribution < -0.4 is 0 Å². The van der Waals surface area contributed by atoms with Crippen LogP contribution in [0, 0.1) is 63.1 Å². The predicted octanol–water partition coefficient (Wildman–Crippen LogP) is 9.46. The third-order valence-corrected chi connectivity index (χ3v) is 13.7. The third kappa shape index (κ3) is 3.87. The summed E-state index contributed by atoms with van der Waals surface area (Å²) < 4.78 is 6.24. The monoisotopic (exact) mass is 498 g/mol. The summed E-state index contributed by atoms with van der Waals surface area (Å²) in [4.78, 5) is 12.7. The first-order valence-electron chi connectivity index (χ1n) is 16.1. The van der Waals surface area contributed by atoms with Crippen LogP contribution in [0.1, 0.15) is 139 Å². The van der Waals surface area contributed by atoms with Gasteiger partial charge < -0.3 is 4.74 Å². The number of hydrogen-bond donors (Lipinski definition) is 0. The molecule has 0 radical (unpaired) electrons. The van der Waals surface area contributed by atoms with Gasteiger partial charge in [0.2, 0.25) is 0 Å². The zero-order valence-electron chi connectivity index (χ0n) is 25.1. The Labute approximate surface area is 223 Å². The van der Waals surface area contributed by atoms with Gasteiger partial charge in [-0.25, -0.2) is 0 Å². The molecule has 0 bridgehead atoms. The average Bonchev–Trinajstić information content (AvgIpc) is 3.36. The van der Waals surface area contributed by atoms with Gasteiger partial charge >= 0.3 is 5.97 Å². The molecule has 5 aliphatic rings. The van der Waals surface area contributed by atoms with Gasteiger partial charge in [-0.15, -0.1) is 0 Å². The number of carbonyl (C=O) groups is 1. The maximum Gasteiger partial charge on any atom is 0.308 e. The summed E-state index contributed by atoms with van der Waals surface area (Å²) in [7, 11) is 0. The molecule has 0 aliphatic heterocycles. The van der Waals surface area contributed by atoms with Crippen LogP contribution in [0.25, 0.3) is 0 Å². The number of carbonyl (C=O) groups excluding carboxylic acids is 1. The van der Waals surface area contributed by atoms with E-state index in [1.54, 1.807) is 0 Å². The summed E-state index contributed by atoms with van der Waals surface area (Å²) in [5, 5.41) is 0. The molecule has 0 amide bonds. The lowest BCUT2D eigenvalue weighted by atomic mass is 9.46. The molecule has 0 saturated heterocycles. The van der Waals surface area contributed by atoms with E-state index < -0.39 is 0 Å². The second-order valence-corrected chi connectivity index (χ2v) is 15.9. The molecule has 2 heteroatoms. The van der Waals surface area contributed by atoms with Crippen molar-refractivity contribution in [3.8, 4) is 0 Å². The quantitative estimate of drug-likeness (QED) is 0.311. The minimum Gasteiger partial charge on any atom is -0.462 e. The first-order valence-corrected chi connectivity index (χ1v) is 16.1. The van der Waals surface area contributed by atoms with E-state index in [-0.39, 0.29) is 23.4 Å². The molecular weight excluding hydrogens is 440 g/mol. The minimum absolute atomic E-state index is 0.0267. The number of rotatable bonds is 8. The second-order valence-electron chi connectivity index (χ2n) is 15.9. The van der Waals surface area contributed by atoms with Crippen LogP contribution in [-0.4, -0.2) is 12.1 Å². The van der Waals surface area contributed by atoms with E-state index in [1.165, 1.54) is 70.6 Å². The molecule has 10 atom stereocenters. The highest BCUT2D eigenvalue weighted by molar-refractivity contribution is 5.72. The van der Waals surface area contributed by atoms with Crippen molar-refractivity contribution in [3.63, 3.8) is 0 Å². The maximum atomic E-state index is 12.7. The summed E-state index contributed by atoms with van der Waals surface area (Å²) in [6.45, 7) is 19.1. The highest BCUT2D eigenvalue weighted by atomic mass is 16.5. The first kappa shape index (κ1) is 27.1. The van der Waals surface area contributed by atoms with Gasteiger partial charge in [-0.3, -0.25) is 4.79 Å². The van der Waals surface area contributed by atoms with Gasteiger partial charge in [0, 0.05) is 5.41 Å². The van der Waals surface area contributed by atoms with Crippen LogP contribution in [-0.2, 0) is 9.53 Å². The van der Waals surface area contributed by atoms with E-state index in [4.69, 9.17) is 4.74 Å². The van der Waals surface area contributed by atoms with Gasteiger partial charge in [0.25, 0.3) is 0 Å². The molecule has 5 saturated carbocycles. The van der Waals surface area contributed by atoms with Gasteiger partial charge in [0.1, 0.15) is 6.10 Å². The maximum absolute atomic E-state index is 12.7. The SMILES string of the molecule is CCC(C)C(=O)OC1CCC23CC24CCC2(C)C(C(C)CCCC(C)C)CCC2C4CCC3C1(C)C. The molecule has 10 unspecified atom stereocenters. The lowest BCUT2D eigenvalue weighted by molar-refractivity contribution is -0.179. The van der Waals surface area contributed by atoms with E-state index in [1.807, 2.05) is 6.92 Å². The summed E-state index contributed by atoms with van der Waals surface area (Å²) in [6.07, 6.45) is 17.9. The molecule has 0 heterocycles. The number of fused-ring (bicyclic) bond motifs is 2. The van der Waals surface area contributed by atoms with Crippen LogP contribution in [0.5, 0.6) is 0 Å². The fourth-order valence-electron chi connectivity index (χ4n) is 11.5. The Morgan fingerprint density at radius 3 is 2.28 bits per heavy atom. The van der Waals surface area contributed by atoms with Gasteiger partial charge in [0.15, 0.2) is 0 Å². The van der Waals surface area contributed by atoms with E-state index in [2.05, 4.69) is 48.5 Å². The highest BCUT2D eigenvalue weighted by Gasteiger charge is 2.80. The predicted molar refractivity (Wildman–Crippen MR) is 149 cm³/mol. The largest absolute Gasteiger partial charge is 0.462 e. The van der Waals surface area contributed by atoms with Crippen molar-refractivity contribution < 1.29 is 9.53 Å². The lowest BCUT2D eigenvalue weighted by Gasteiger charge is -2.59. The summed E-state index contributed by atoms with van der Waals surface area (Å²) in [5.74, 6) is 5.43. The van der Waals surface area contributed by atoms with Gasteiger partial charge in [0.05, 0.1) is 5.92 Å².